The number of benzene rings is 1. The summed E-state index contributed by atoms with van der Waals surface area (Å²) in [6, 6.07) is 7.42. The van der Waals surface area contributed by atoms with Crippen LogP contribution in [0.2, 0.25) is 0 Å². The van der Waals surface area contributed by atoms with Gasteiger partial charge in [0.2, 0.25) is 5.91 Å². The lowest BCUT2D eigenvalue weighted by Crippen LogP contribution is -2.26. The van der Waals surface area contributed by atoms with Gasteiger partial charge in [-0.15, -0.1) is 0 Å². The molecule has 1 atom stereocenters. The third-order valence-electron chi connectivity index (χ3n) is 3.40. The first kappa shape index (κ1) is 13.5. The van der Waals surface area contributed by atoms with Gasteiger partial charge in [0.15, 0.2) is 0 Å². The normalized spacial score (nSPS) is 18.7. The Morgan fingerprint density at radius 2 is 2.11 bits per heavy atom. The summed E-state index contributed by atoms with van der Waals surface area (Å²) in [5.74, 6) is -0.770. The van der Waals surface area contributed by atoms with E-state index in [0.29, 0.717) is 13.1 Å². The van der Waals surface area contributed by atoms with E-state index in [1.54, 1.807) is 4.90 Å². The summed E-state index contributed by atoms with van der Waals surface area (Å²) in [5.41, 5.74) is 1.71. The number of likely N-dealkylation sites (tertiary alicyclic amines) is 1. The lowest BCUT2D eigenvalue weighted by atomic mass is 10.1. The van der Waals surface area contributed by atoms with E-state index in [1.807, 2.05) is 24.3 Å². The molecule has 1 amide bonds. The summed E-state index contributed by atoms with van der Waals surface area (Å²) in [5, 5.41) is 9.26. The number of esters is 1. The molecule has 1 unspecified atom stereocenters. The zero-order valence-electron chi connectivity index (χ0n) is 10.8. The van der Waals surface area contributed by atoms with Gasteiger partial charge in [-0.1, -0.05) is 24.3 Å². The van der Waals surface area contributed by atoms with Crippen molar-refractivity contribution in [2.45, 2.75) is 19.6 Å². The smallest absolute Gasteiger partial charge is 0.310 e. The first-order valence-corrected chi connectivity index (χ1v) is 6.19. The van der Waals surface area contributed by atoms with Gasteiger partial charge in [-0.3, -0.25) is 9.59 Å². The van der Waals surface area contributed by atoms with Gasteiger partial charge in [0.05, 0.1) is 19.6 Å². The van der Waals surface area contributed by atoms with Gasteiger partial charge >= 0.3 is 5.97 Å². The minimum atomic E-state index is -0.376. The summed E-state index contributed by atoms with van der Waals surface area (Å²) in [6.45, 7) is 0.743. The molecular weight excluding hydrogens is 246 g/mol. The zero-order chi connectivity index (χ0) is 13.8. The Morgan fingerprint density at radius 3 is 2.74 bits per heavy atom. The van der Waals surface area contributed by atoms with Crippen molar-refractivity contribution >= 4 is 11.9 Å². The topological polar surface area (TPSA) is 66.8 Å². The number of hydrogen-bond acceptors (Lipinski definition) is 4. The second-order valence-corrected chi connectivity index (χ2v) is 4.63. The Hall–Kier alpha value is -1.88. The summed E-state index contributed by atoms with van der Waals surface area (Å²) < 4.78 is 4.67. The van der Waals surface area contributed by atoms with Gasteiger partial charge in [-0.05, 0) is 11.1 Å². The molecule has 1 fully saturated rings. The van der Waals surface area contributed by atoms with E-state index in [1.165, 1.54) is 7.11 Å². The molecule has 1 aliphatic heterocycles. The Labute approximate surface area is 111 Å². The van der Waals surface area contributed by atoms with Gasteiger partial charge in [0.25, 0.3) is 0 Å². The van der Waals surface area contributed by atoms with E-state index in [2.05, 4.69) is 4.74 Å². The third kappa shape index (κ3) is 2.93. The molecule has 1 heterocycles. The first-order valence-electron chi connectivity index (χ1n) is 6.19. The Balaban J connectivity index is 2.07. The Bertz CT molecular complexity index is 486. The highest BCUT2D eigenvalue weighted by Crippen LogP contribution is 2.22. The number of nitrogens with zero attached hydrogens (tertiary/aromatic N) is 1. The maximum absolute atomic E-state index is 11.9. The van der Waals surface area contributed by atoms with Crippen LogP contribution in [0.25, 0.3) is 0 Å². The minimum Gasteiger partial charge on any atom is -0.469 e. The van der Waals surface area contributed by atoms with Crippen molar-refractivity contribution in [1.29, 1.82) is 0 Å². The summed E-state index contributed by atoms with van der Waals surface area (Å²) in [7, 11) is 1.33. The van der Waals surface area contributed by atoms with E-state index >= 15 is 0 Å². The molecule has 1 aliphatic rings. The number of ether oxygens (including phenoxy) is 1. The van der Waals surface area contributed by atoms with E-state index in [0.717, 1.165) is 11.1 Å². The molecule has 5 nitrogen and oxygen atoms in total. The summed E-state index contributed by atoms with van der Waals surface area (Å²) in [6.07, 6.45) is 0.202. The number of rotatable bonds is 4. The lowest BCUT2D eigenvalue weighted by molar-refractivity contribution is -0.145. The molecule has 1 saturated heterocycles. The largest absolute Gasteiger partial charge is 0.469 e. The number of amides is 1. The van der Waals surface area contributed by atoms with Gasteiger partial charge < -0.3 is 14.7 Å². The summed E-state index contributed by atoms with van der Waals surface area (Å²) in [4.78, 5) is 24.9. The summed E-state index contributed by atoms with van der Waals surface area (Å²) >= 11 is 0. The quantitative estimate of drug-likeness (QED) is 0.812. The fourth-order valence-corrected chi connectivity index (χ4v) is 2.32. The molecular formula is C14H17NO4. The molecule has 0 spiro atoms. The van der Waals surface area contributed by atoms with Crippen molar-refractivity contribution in [2.75, 3.05) is 13.7 Å². The molecule has 0 aliphatic carbocycles. The van der Waals surface area contributed by atoms with Crippen LogP contribution in [-0.4, -0.2) is 35.5 Å². The molecule has 19 heavy (non-hydrogen) atoms. The number of aliphatic hydroxyl groups is 1. The molecule has 0 bridgehead atoms. The van der Waals surface area contributed by atoms with Crippen molar-refractivity contribution < 1.29 is 19.4 Å². The van der Waals surface area contributed by atoms with Gasteiger partial charge in [-0.2, -0.15) is 0 Å². The predicted octanol–water partition coefficient (Wildman–Crippen LogP) is 0.700. The molecule has 1 aromatic rings. The van der Waals surface area contributed by atoms with E-state index < -0.39 is 0 Å². The molecule has 0 saturated carbocycles. The number of methoxy groups -OCH3 is 1. The number of carbonyl (C=O) groups is 2. The average Bonchev–Trinajstić information content (AvgIpc) is 2.80. The molecule has 5 heteroatoms. The SMILES string of the molecule is COC(=O)C1CC(=O)N(Cc2ccccc2CO)C1. The van der Waals surface area contributed by atoms with E-state index in [-0.39, 0.29) is 30.8 Å². The fraction of sp³-hybridized carbons (Fsp3) is 0.429. The highest BCUT2D eigenvalue weighted by molar-refractivity contribution is 5.86. The Kier molecular flexibility index (Phi) is 4.16. The van der Waals surface area contributed by atoms with Crippen LogP contribution in [0.3, 0.4) is 0 Å². The highest BCUT2D eigenvalue weighted by Gasteiger charge is 2.35. The maximum atomic E-state index is 11.9. The number of carbonyl (C=O) groups excluding carboxylic acids is 2. The standard InChI is InChI=1S/C14H17NO4/c1-19-14(18)12-6-13(17)15(8-12)7-10-4-2-3-5-11(10)9-16/h2-5,12,16H,6-9H2,1H3. The van der Waals surface area contributed by atoms with Crippen molar-refractivity contribution in [3.8, 4) is 0 Å². The monoisotopic (exact) mass is 263 g/mol. The van der Waals surface area contributed by atoms with Gasteiger partial charge in [0.1, 0.15) is 0 Å². The van der Waals surface area contributed by atoms with Crippen molar-refractivity contribution in [2.24, 2.45) is 5.92 Å². The van der Waals surface area contributed by atoms with Crippen LogP contribution in [-0.2, 0) is 27.5 Å². The van der Waals surface area contributed by atoms with Crippen LogP contribution in [0, 0.1) is 5.92 Å². The number of hydrogen-bond donors (Lipinski definition) is 1. The van der Waals surface area contributed by atoms with Gasteiger partial charge in [-0.25, -0.2) is 0 Å². The molecule has 0 aromatic heterocycles. The van der Waals surface area contributed by atoms with Crippen LogP contribution in [0.15, 0.2) is 24.3 Å². The molecule has 2 rings (SSSR count). The molecule has 1 aromatic carbocycles. The molecule has 102 valence electrons. The lowest BCUT2D eigenvalue weighted by Gasteiger charge is -2.18. The van der Waals surface area contributed by atoms with Crippen molar-refractivity contribution in [3.63, 3.8) is 0 Å². The zero-order valence-corrected chi connectivity index (χ0v) is 10.8. The van der Waals surface area contributed by atoms with Gasteiger partial charge in [0, 0.05) is 19.5 Å². The fourth-order valence-electron chi connectivity index (χ4n) is 2.32. The van der Waals surface area contributed by atoms with Crippen LogP contribution in [0.4, 0.5) is 0 Å². The minimum absolute atomic E-state index is 0.0526. The average molecular weight is 263 g/mol. The van der Waals surface area contributed by atoms with E-state index in [4.69, 9.17) is 0 Å². The van der Waals surface area contributed by atoms with Crippen LogP contribution < -0.4 is 0 Å². The van der Waals surface area contributed by atoms with Crippen LogP contribution >= 0.6 is 0 Å². The second kappa shape index (κ2) is 5.84. The third-order valence-corrected chi connectivity index (χ3v) is 3.40. The van der Waals surface area contributed by atoms with Crippen molar-refractivity contribution in [1.82, 2.24) is 4.90 Å². The molecule has 0 radical (unpaired) electrons. The second-order valence-electron chi connectivity index (χ2n) is 4.63. The predicted molar refractivity (Wildman–Crippen MR) is 67.9 cm³/mol. The van der Waals surface area contributed by atoms with Crippen LogP contribution in [0.5, 0.6) is 0 Å². The first-order chi connectivity index (χ1) is 9.15. The Morgan fingerprint density at radius 1 is 1.42 bits per heavy atom. The maximum Gasteiger partial charge on any atom is 0.310 e. The van der Waals surface area contributed by atoms with E-state index in [9.17, 15) is 14.7 Å². The van der Waals surface area contributed by atoms with Crippen LogP contribution in [0.1, 0.15) is 17.5 Å². The molecule has 1 N–H and O–H groups in total. The van der Waals surface area contributed by atoms with Crippen molar-refractivity contribution in [3.05, 3.63) is 35.4 Å². The number of aliphatic hydroxyl groups excluding tert-OH is 1. The highest BCUT2D eigenvalue weighted by atomic mass is 16.5.